The third-order valence-corrected chi connectivity index (χ3v) is 3.16. The molecule has 5 N–H and O–H groups in total. The minimum atomic E-state index is -1.38. The van der Waals surface area contributed by atoms with Crippen LogP contribution in [0.3, 0.4) is 0 Å². The van der Waals surface area contributed by atoms with E-state index < -0.39 is 37.3 Å². The van der Waals surface area contributed by atoms with Crippen LogP contribution in [0.15, 0.2) is 24.3 Å². The minimum Gasteiger partial charge on any atom is -0.508 e. The van der Waals surface area contributed by atoms with Gasteiger partial charge in [-0.15, -0.1) is 0 Å². The first-order valence-corrected chi connectivity index (χ1v) is 6.24. The molecule has 0 amide bonds. The molecule has 0 spiro atoms. The van der Waals surface area contributed by atoms with Gasteiger partial charge in [0.05, 0.1) is 13.2 Å². The van der Waals surface area contributed by atoms with Crippen molar-refractivity contribution < 1.29 is 35.0 Å². The SMILES string of the molecule is OC[C@@H](O)[C@H]1OC(c2ccc(O)cc2)OC[C@H](O)[C@H]1O. The quantitative estimate of drug-likeness (QED) is 0.477. The Morgan fingerprint density at radius 3 is 2.45 bits per heavy atom. The molecule has 112 valence electrons. The summed E-state index contributed by atoms with van der Waals surface area (Å²) >= 11 is 0. The highest BCUT2D eigenvalue weighted by Gasteiger charge is 2.38. The molecular formula is C13H18O7. The molecule has 0 saturated carbocycles. The van der Waals surface area contributed by atoms with Crippen molar-refractivity contribution >= 4 is 0 Å². The monoisotopic (exact) mass is 286 g/mol. The second-order valence-electron chi connectivity index (χ2n) is 4.67. The summed E-state index contributed by atoms with van der Waals surface area (Å²) in [6, 6.07) is 6.01. The second-order valence-corrected chi connectivity index (χ2v) is 4.67. The van der Waals surface area contributed by atoms with Crippen LogP contribution in [0.4, 0.5) is 0 Å². The minimum absolute atomic E-state index is 0.0781. The van der Waals surface area contributed by atoms with Gasteiger partial charge in [0.2, 0.25) is 0 Å². The first kappa shape index (κ1) is 15.2. The fourth-order valence-electron chi connectivity index (χ4n) is 1.99. The standard InChI is InChI=1S/C13H18O7/c14-5-9(16)12-11(18)10(17)6-19-13(20-12)7-1-3-8(15)4-2-7/h1-4,9-18H,5-6H2/t9-,10+,11-,12-,13?/m1/s1. The number of aliphatic hydroxyl groups is 4. The molecule has 7 nitrogen and oxygen atoms in total. The zero-order valence-electron chi connectivity index (χ0n) is 10.7. The topological polar surface area (TPSA) is 120 Å². The highest BCUT2D eigenvalue weighted by atomic mass is 16.7. The van der Waals surface area contributed by atoms with E-state index >= 15 is 0 Å². The Bertz CT molecular complexity index is 421. The molecule has 1 unspecified atom stereocenters. The summed E-state index contributed by atoms with van der Waals surface area (Å²) in [5, 5.41) is 47.4. The van der Waals surface area contributed by atoms with Crippen LogP contribution >= 0.6 is 0 Å². The van der Waals surface area contributed by atoms with E-state index in [1.54, 1.807) is 12.1 Å². The average Bonchev–Trinajstić information content (AvgIpc) is 2.60. The largest absolute Gasteiger partial charge is 0.508 e. The number of hydrogen-bond acceptors (Lipinski definition) is 7. The number of phenols is 1. The maximum Gasteiger partial charge on any atom is 0.184 e. The van der Waals surface area contributed by atoms with E-state index in [4.69, 9.17) is 14.6 Å². The van der Waals surface area contributed by atoms with Crippen molar-refractivity contribution in [2.75, 3.05) is 13.2 Å². The first-order chi connectivity index (χ1) is 9.52. The number of hydrogen-bond donors (Lipinski definition) is 5. The Labute approximate surface area is 115 Å². The normalized spacial score (nSPS) is 32.6. The van der Waals surface area contributed by atoms with Crippen molar-refractivity contribution in [3.63, 3.8) is 0 Å². The summed E-state index contributed by atoms with van der Waals surface area (Å²) in [5.41, 5.74) is 0.555. The van der Waals surface area contributed by atoms with Crippen LogP contribution in [-0.4, -0.2) is 63.2 Å². The van der Waals surface area contributed by atoms with E-state index in [9.17, 15) is 20.4 Å². The maximum absolute atomic E-state index is 9.86. The zero-order chi connectivity index (χ0) is 14.7. The number of benzene rings is 1. The van der Waals surface area contributed by atoms with E-state index in [1.165, 1.54) is 12.1 Å². The third-order valence-electron chi connectivity index (χ3n) is 3.16. The van der Waals surface area contributed by atoms with Gasteiger partial charge in [-0.05, 0) is 12.1 Å². The molecule has 0 bridgehead atoms. The Hall–Kier alpha value is -1.22. The Kier molecular flexibility index (Phi) is 4.92. The molecule has 1 aromatic rings. The summed E-state index contributed by atoms with van der Waals surface area (Å²) in [7, 11) is 0. The van der Waals surface area contributed by atoms with E-state index in [2.05, 4.69) is 0 Å². The summed E-state index contributed by atoms with van der Waals surface area (Å²) in [4.78, 5) is 0. The van der Waals surface area contributed by atoms with E-state index in [0.717, 1.165) is 0 Å². The van der Waals surface area contributed by atoms with Crippen LogP contribution in [0.25, 0.3) is 0 Å². The van der Waals surface area contributed by atoms with Crippen LogP contribution in [0, 0.1) is 0 Å². The predicted molar refractivity (Wildman–Crippen MR) is 66.8 cm³/mol. The van der Waals surface area contributed by atoms with Gasteiger partial charge in [0.1, 0.15) is 30.2 Å². The van der Waals surface area contributed by atoms with E-state index in [0.29, 0.717) is 5.56 Å². The smallest absolute Gasteiger partial charge is 0.184 e. The molecule has 1 aliphatic rings. The van der Waals surface area contributed by atoms with Crippen LogP contribution in [-0.2, 0) is 9.47 Å². The lowest BCUT2D eigenvalue weighted by Gasteiger charge is -2.27. The predicted octanol–water partition coefficient (Wildman–Crippen LogP) is -1.12. The van der Waals surface area contributed by atoms with Crippen molar-refractivity contribution in [3.8, 4) is 5.75 Å². The van der Waals surface area contributed by atoms with E-state index in [-0.39, 0.29) is 12.4 Å². The van der Waals surface area contributed by atoms with Gasteiger partial charge >= 0.3 is 0 Å². The van der Waals surface area contributed by atoms with Crippen LogP contribution in [0.1, 0.15) is 11.9 Å². The molecule has 1 aromatic carbocycles. The molecule has 20 heavy (non-hydrogen) atoms. The van der Waals surface area contributed by atoms with Gasteiger partial charge in [-0.2, -0.15) is 0 Å². The molecule has 0 aliphatic carbocycles. The van der Waals surface area contributed by atoms with Crippen molar-refractivity contribution in [1.82, 2.24) is 0 Å². The highest BCUT2D eigenvalue weighted by Crippen LogP contribution is 2.28. The number of aromatic hydroxyl groups is 1. The zero-order valence-corrected chi connectivity index (χ0v) is 10.7. The van der Waals surface area contributed by atoms with Crippen molar-refractivity contribution in [1.29, 1.82) is 0 Å². The number of ether oxygens (including phenoxy) is 2. The Morgan fingerprint density at radius 2 is 1.85 bits per heavy atom. The Balaban J connectivity index is 2.20. The second kappa shape index (κ2) is 6.49. The molecule has 1 saturated heterocycles. The molecule has 7 heteroatoms. The molecule has 1 fully saturated rings. The lowest BCUT2D eigenvalue weighted by atomic mass is 10.0. The summed E-state index contributed by atoms with van der Waals surface area (Å²) in [6.07, 6.45) is -6.06. The molecular weight excluding hydrogens is 268 g/mol. The molecule has 0 radical (unpaired) electrons. The van der Waals surface area contributed by atoms with Crippen LogP contribution in [0.2, 0.25) is 0 Å². The van der Waals surface area contributed by atoms with Gasteiger partial charge in [0.25, 0.3) is 0 Å². The molecule has 1 heterocycles. The van der Waals surface area contributed by atoms with Gasteiger partial charge in [-0.25, -0.2) is 0 Å². The van der Waals surface area contributed by atoms with Gasteiger partial charge in [0, 0.05) is 5.56 Å². The van der Waals surface area contributed by atoms with Crippen LogP contribution < -0.4 is 0 Å². The first-order valence-electron chi connectivity index (χ1n) is 6.24. The van der Waals surface area contributed by atoms with Crippen molar-refractivity contribution in [2.24, 2.45) is 0 Å². The Morgan fingerprint density at radius 1 is 1.20 bits per heavy atom. The van der Waals surface area contributed by atoms with Crippen LogP contribution in [0.5, 0.6) is 5.75 Å². The lowest BCUT2D eigenvalue weighted by Crippen LogP contribution is -2.47. The number of phenolic OH excluding ortho intramolecular Hbond substituents is 1. The fraction of sp³-hybridized carbons (Fsp3) is 0.538. The molecule has 0 aromatic heterocycles. The van der Waals surface area contributed by atoms with Crippen molar-refractivity contribution in [3.05, 3.63) is 29.8 Å². The van der Waals surface area contributed by atoms with Gasteiger partial charge < -0.3 is 35.0 Å². The summed E-state index contributed by atoms with van der Waals surface area (Å²) < 4.78 is 10.8. The average molecular weight is 286 g/mol. The molecule has 5 atom stereocenters. The highest BCUT2D eigenvalue weighted by molar-refractivity contribution is 5.26. The van der Waals surface area contributed by atoms with E-state index in [1.807, 2.05) is 0 Å². The third kappa shape index (κ3) is 3.26. The number of rotatable bonds is 3. The summed E-state index contributed by atoms with van der Waals surface area (Å²) in [5.74, 6) is 0.0781. The summed E-state index contributed by atoms with van der Waals surface area (Å²) in [6.45, 7) is -0.794. The van der Waals surface area contributed by atoms with Crippen molar-refractivity contribution in [2.45, 2.75) is 30.7 Å². The number of aliphatic hydroxyl groups excluding tert-OH is 4. The van der Waals surface area contributed by atoms with Gasteiger partial charge in [0.15, 0.2) is 6.29 Å². The fourth-order valence-corrected chi connectivity index (χ4v) is 1.99. The molecule has 1 aliphatic heterocycles. The van der Waals surface area contributed by atoms with Gasteiger partial charge in [-0.3, -0.25) is 0 Å². The lowest BCUT2D eigenvalue weighted by molar-refractivity contribution is -0.199. The van der Waals surface area contributed by atoms with Gasteiger partial charge in [-0.1, -0.05) is 12.1 Å². The molecule has 2 rings (SSSR count). The maximum atomic E-state index is 9.86.